The van der Waals surface area contributed by atoms with Gasteiger partial charge in [-0.2, -0.15) is 26.3 Å². The minimum Gasteiger partial charge on any atom is -0.497 e. The summed E-state index contributed by atoms with van der Waals surface area (Å²) in [4.78, 5) is 0. The lowest BCUT2D eigenvalue weighted by molar-refractivity contribution is -0.257. The van der Waals surface area contributed by atoms with Crippen molar-refractivity contribution >= 4 is 11.1 Å². The Morgan fingerprint density at radius 3 is 0.837 bits per heavy atom. The molecule has 0 aromatic heterocycles. The summed E-state index contributed by atoms with van der Waals surface area (Å²) in [6.45, 7) is 0. The molecule has 0 radical (unpaired) electrons. The Morgan fingerprint density at radius 2 is 0.633 bits per heavy atom. The summed E-state index contributed by atoms with van der Waals surface area (Å²) < 4.78 is 112. The summed E-state index contributed by atoms with van der Waals surface area (Å²) >= 11 is 0. The first-order valence-electron chi connectivity index (χ1n) is 14.6. The van der Waals surface area contributed by atoms with Crippen LogP contribution in [0.3, 0.4) is 0 Å². The fraction of sp³-hybridized carbons (Fsp3) is 0.179. The molecule has 0 unspecified atom stereocenters. The minimum atomic E-state index is -5.81. The van der Waals surface area contributed by atoms with Crippen LogP contribution in [0.25, 0.3) is 11.1 Å². The highest BCUT2D eigenvalue weighted by Gasteiger charge is 2.82. The Kier molecular flexibility index (Phi) is 9.73. The van der Waals surface area contributed by atoms with Gasteiger partial charge in [0.15, 0.2) is 0 Å². The molecule has 250 valence electrons. The molecule has 0 heterocycles. The molecule has 4 aromatic carbocycles. The first-order chi connectivity index (χ1) is 23.4. The second-order valence-electron chi connectivity index (χ2n) is 10.6. The van der Waals surface area contributed by atoms with E-state index >= 15 is 17.6 Å². The molecule has 1 fully saturated rings. The van der Waals surface area contributed by atoms with Crippen molar-refractivity contribution in [1.29, 1.82) is 0 Å². The third kappa shape index (κ3) is 6.55. The number of methoxy groups -OCH3 is 4. The molecular formula is C39H28F6O4. The summed E-state index contributed by atoms with van der Waals surface area (Å²) in [7, 11) is 5.80. The van der Waals surface area contributed by atoms with Crippen LogP contribution >= 0.6 is 0 Å². The molecule has 10 heteroatoms. The quantitative estimate of drug-likeness (QED) is 0.138. The highest BCUT2D eigenvalue weighted by molar-refractivity contribution is 5.81. The fourth-order valence-electron chi connectivity index (χ4n) is 5.01. The summed E-state index contributed by atoms with van der Waals surface area (Å²) in [5.41, 5.74) is 7.16. The number of ether oxygens (including phenoxy) is 4. The number of alkyl halides is 6. The van der Waals surface area contributed by atoms with Gasteiger partial charge < -0.3 is 18.9 Å². The van der Waals surface area contributed by atoms with Crippen LogP contribution in [0.15, 0.2) is 131 Å². The van der Waals surface area contributed by atoms with Crippen LogP contribution in [0.1, 0.15) is 22.3 Å². The van der Waals surface area contributed by atoms with Crippen LogP contribution in [0.5, 0.6) is 23.0 Å². The van der Waals surface area contributed by atoms with E-state index in [-0.39, 0.29) is 11.1 Å². The number of halogens is 6. The van der Waals surface area contributed by atoms with Crippen LogP contribution in [-0.4, -0.2) is 46.2 Å². The smallest absolute Gasteiger partial charge is 0.382 e. The monoisotopic (exact) mass is 674 g/mol. The first-order valence-corrected chi connectivity index (χ1v) is 14.6. The van der Waals surface area contributed by atoms with Crippen LogP contribution in [0.4, 0.5) is 26.3 Å². The lowest BCUT2D eigenvalue weighted by Gasteiger charge is -2.21. The Balaban J connectivity index is 1.88. The summed E-state index contributed by atoms with van der Waals surface area (Å²) in [5, 5.41) is 0. The third-order valence-corrected chi connectivity index (χ3v) is 7.81. The molecule has 0 saturated heterocycles. The fourth-order valence-corrected chi connectivity index (χ4v) is 5.01. The molecule has 1 aliphatic carbocycles. The number of hydrogen-bond acceptors (Lipinski definition) is 4. The zero-order chi connectivity index (χ0) is 35.4. The molecule has 0 atom stereocenters. The third-order valence-electron chi connectivity index (χ3n) is 7.81. The van der Waals surface area contributed by atoms with Crippen molar-refractivity contribution in [3.63, 3.8) is 0 Å². The van der Waals surface area contributed by atoms with Crippen molar-refractivity contribution in [2.75, 3.05) is 28.4 Å². The van der Waals surface area contributed by atoms with Gasteiger partial charge in [-0.25, -0.2) is 0 Å². The predicted molar refractivity (Wildman–Crippen MR) is 173 cm³/mol. The van der Waals surface area contributed by atoms with Gasteiger partial charge in [0, 0.05) is 11.1 Å². The summed E-state index contributed by atoms with van der Waals surface area (Å²) in [6.07, 6.45) is 0. The van der Waals surface area contributed by atoms with Crippen molar-refractivity contribution in [3.05, 3.63) is 153 Å². The molecule has 1 aliphatic rings. The maximum absolute atomic E-state index is 15.4. The van der Waals surface area contributed by atoms with E-state index in [1.165, 1.54) is 28.4 Å². The Morgan fingerprint density at radius 1 is 0.408 bits per heavy atom. The minimum absolute atomic E-state index is 0.100. The standard InChI is InChI=1S/C39H28F6O4/c1-46-29-13-5-25(6-14-29)33(26-7-15-30(47-2)16-8-26)21-23-35-36(38(42,43)39(44,45)37(35,40)41)24-22-34(27-9-17-31(48-3)18-10-27)28-11-19-32(49-4)20-12-28/h5-20H,1-4H3. The average molecular weight is 675 g/mol. The van der Waals surface area contributed by atoms with E-state index in [0.29, 0.717) is 45.3 Å². The highest BCUT2D eigenvalue weighted by Crippen LogP contribution is 2.61. The normalized spacial score (nSPS) is 15.2. The van der Waals surface area contributed by atoms with E-state index in [0.717, 1.165) is 0 Å². The number of benzene rings is 4. The molecule has 4 aromatic rings. The lowest BCUT2D eigenvalue weighted by Crippen LogP contribution is -2.46. The molecule has 0 amide bonds. The molecule has 5 rings (SSSR count). The van der Waals surface area contributed by atoms with Crippen molar-refractivity contribution in [3.8, 4) is 23.0 Å². The largest absolute Gasteiger partial charge is 0.497 e. The van der Waals surface area contributed by atoms with Gasteiger partial charge in [0.05, 0.1) is 39.6 Å². The van der Waals surface area contributed by atoms with E-state index in [1.807, 2.05) is 11.5 Å². The average Bonchev–Trinajstić information content (AvgIpc) is 3.22. The molecule has 0 bridgehead atoms. The maximum atomic E-state index is 15.4. The predicted octanol–water partition coefficient (Wildman–Crippen LogP) is 9.56. The van der Waals surface area contributed by atoms with Gasteiger partial charge in [0.25, 0.3) is 0 Å². The Hall–Kier alpha value is -5.74. The molecule has 4 nitrogen and oxygen atoms in total. The van der Waals surface area contributed by atoms with Gasteiger partial charge in [-0.1, -0.05) is 71.5 Å². The molecule has 1 saturated carbocycles. The second-order valence-corrected chi connectivity index (χ2v) is 10.6. The van der Waals surface area contributed by atoms with E-state index in [1.54, 1.807) is 97.1 Å². The van der Waals surface area contributed by atoms with Gasteiger partial charge in [0.2, 0.25) is 0 Å². The van der Waals surface area contributed by atoms with Crippen LogP contribution in [-0.2, 0) is 0 Å². The van der Waals surface area contributed by atoms with Crippen LogP contribution in [0, 0.1) is 0 Å². The molecule has 0 aliphatic heterocycles. The Bertz CT molecular complexity index is 1790. The van der Waals surface area contributed by atoms with Gasteiger partial charge in [-0.15, -0.1) is 0 Å². The van der Waals surface area contributed by atoms with Crippen molar-refractivity contribution < 1.29 is 45.3 Å². The molecule has 49 heavy (non-hydrogen) atoms. The van der Waals surface area contributed by atoms with Gasteiger partial charge in [-0.05, 0) is 70.8 Å². The van der Waals surface area contributed by atoms with Gasteiger partial charge in [-0.3, -0.25) is 0 Å². The van der Waals surface area contributed by atoms with E-state index in [2.05, 4.69) is 11.5 Å². The van der Waals surface area contributed by atoms with Crippen molar-refractivity contribution in [1.82, 2.24) is 0 Å². The second kappa shape index (κ2) is 13.8. The zero-order valence-corrected chi connectivity index (χ0v) is 26.6. The SMILES string of the molecule is COc1ccc(C(=C=C=C2C(=C=C=C(c3ccc(OC)cc3)c3ccc(OC)cc3)C(F)(F)C(F)(F)C2(F)F)c2ccc(OC)cc2)cc1. The number of hydrogen-bond donors (Lipinski definition) is 0. The molecular weight excluding hydrogens is 646 g/mol. The lowest BCUT2D eigenvalue weighted by atomic mass is 9.97. The molecule has 0 spiro atoms. The topological polar surface area (TPSA) is 36.9 Å². The van der Waals surface area contributed by atoms with Crippen LogP contribution in [0.2, 0.25) is 0 Å². The Labute approximate surface area is 278 Å². The van der Waals surface area contributed by atoms with Crippen molar-refractivity contribution in [2.45, 2.75) is 17.8 Å². The van der Waals surface area contributed by atoms with Gasteiger partial charge in [0.1, 0.15) is 23.0 Å². The van der Waals surface area contributed by atoms with Crippen molar-refractivity contribution in [2.24, 2.45) is 0 Å². The summed E-state index contributed by atoms with van der Waals surface area (Å²) in [6, 6.07) is 25.2. The number of rotatable bonds is 8. The maximum Gasteiger partial charge on any atom is 0.382 e. The number of allylic oxidation sites excluding steroid dienone is 2. The molecule has 0 N–H and O–H groups in total. The highest BCUT2D eigenvalue weighted by atomic mass is 19.3. The van der Waals surface area contributed by atoms with Crippen LogP contribution < -0.4 is 18.9 Å². The van der Waals surface area contributed by atoms with E-state index < -0.39 is 28.9 Å². The summed E-state index contributed by atoms with van der Waals surface area (Å²) in [5.74, 6) is -14.6. The first kappa shape index (κ1) is 34.6. The van der Waals surface area contributed by atoms with E-state index in [9.17, 15) is 8.78 Å². The van der Waals surface area contributed by atoms with Gasteiger partial charge >= 0.3 is 17.8 Å². The van der Waals surface area contributed by atoms with E-state index in [4.69, 9.17) is 18.9 Å². The zero-order valence-electron chi connectivity index (χ0n) is 26.6.